The van der Waals surface area contributed by atoms with E-state index in [1.165, 1.54) is 12.1 Å². The quantitative estimate of drug-likeness (QED) is 0.637. The lowest BCUT2D eigenvalue weighted by Gasteiger charge is -2.10. The average Bonchev–Trinajstić information content (AvgIpc) is 2.07. The maximum atomic E-state index is 3.90. The summed E-state index contributed by atoms with van der Waals surface area (Å²) >= 11 is 0. The Morgan fingerprint density at radius 1 is 1.17 bits per heavy atom. The summed E-state index contributed by atoms with van der Waals surface area (Å²) in [5.41, 5.74) is 1.19. The van der Waals surface area contributed by atoms with Crippen molar-refractivity contribution >= 4 is 5.69 Å². The molecule has 0 bridgehead atoms. The molecule has 0 saturated carbocycles. The molecule has 0 aliphatic heterocycles. The summed E-state index contributed by atoms with van der Waals surface area (Å²) in [5.74, 6) is 0. The third-order valence-electron chi connectivity index (χ3n) is 1.18. The Bertz CT molecular complexity index is 182. The Hall–Kier alpha value is -1.05. The third kappa shape index (κ3) is 4.72. The fraction of sp³-hybridized carbons (Fsp3) is 0.500. The van der Waals surface area contributed by atoms with Crippen molar-refractivity contribution in [3.63, 3.8) is 0 Å². The first-order chi connectivity index (χ1) is 5.72. The van der Waals surface area contributed by atoms with Gasteiger partial charge in [-0.05, 0) is 12.1 Å². The first-order valence-corrected chi connectivity index (χ1v) is 4.29. The van der Waals surface area contributed by atoms with Gasteiger partial charge >= 0.3 is 0 Å². The zero-order chi connectivity index (χ0) is 9.40. The van der Waals surface area contributed by atoms with Crippen LogP contribution in [0.1, 0.15) is 20.3 Å². The number of anilines is 1. The van der Waals surface area contributed by atoms with Gasteiger partial charge in [0.2, 0.25) is 0 Å². The molecule has 0 atom stereocenters. The fourth-order valence-electron chi connectivity index (χ4n) is 0.642. The summed E-state index contributed by atoms with van der Waals surface area (Å²) < 4.78 is 0. The Labute approximate surface area is 75.2 Å². The second-order valence-corrected chi connectivity index (χ2v) is 2.81. The maximum Gasteiger partial charge on any atom is 0.0391 e. The number of pyridine rings is 1. The summed E-state index contributed by atoms with van der Waals surface area (Å²) in [6, 6.07) is 3.94. The summed E-state index contributed by atoms with van der Waals surface area (Å²) in [5, 5.41) is 0. The van der Waals surface area contributed by atoms with E-state index in [1.807, 2.05) is 31.1 Å². The molecule has 68 valence electrons. The average molecular weight is 166 g/mol. The van der Waals surface area contributed by atoms with E-state index < -0.39 is 0 Å². The number of rotatable bonds is 1. The van der Waals surface area contributed by atoms with E-state index in [1.54, 1.807) is 12.4 Å². The van der Waals surface area contributed by atoms with Gasteiger partial charge in [-0.1, -0.05) is 20.3 Å². The summed E-state index contributed by atoms with van der Waals surface area (Å²) in [7, 11) is 4.02. The van der Waals surface area contributed by atoms with E-state index in [-0.39, 0.29) is 0 Å². The monoisotopic (exact) mass is 166 g/mol. The van der Waals surface area contributed by atoms with Crippen LogP contribution in [0.15, 0.2) is 24.5 Å². The minimum absolute atomic E-state index is 1.19. The van der Waals surface area contributed by atoms with Crippen LogP contribution in [0.3, 0.4) is 0 Å². The van der Waals surface area contributed by atoms with Crippen LogP contribution in [0.25, 0.3) is 0 Å². The topological polar surface area (TPSA) is 16.1 Å². The second kappa shape index (κ2) is 6.65. The molecule has 1 aromatic rings. The lowest BCUT2D eigenvalue weighted by Crippen LogP contribution is -2.07. The van der Waals surface area contributed by atoms with Crippen LogP contribution in [0.5, 0.6) is 0 Å². The zero-order valence-corrected chi connectivity index (χ0v) is 8.41. The van der Waals surface area contributed by atoms with Crippen LogP contribution in [0, 0.1) is 0 Å². The highest BCUT2D eigenvalue weighted by atomic mass is 15.1. The van der Waals surface area contributed by atoms with Crippen molar-refractivity contribution in [2.75, 3.05) is 19.0 Å². The van der Waals surface area contributed by atoms with Crippen molar-refractivity contribution in [1.29, 1.82) is 0 Å². The van der Waals surface area contributed by atoms with Crippen molar-refractivity contribution in [3.8, 4) is 0 Å². The molecule has 1 rings (SSSR count). The van der Waals surface area contributed by atoms with Gasteiger partial charge in [-0.25, -0.2) is 0 Å². The van der Waals surface area contributed by atoms with E-state index in [0.717, 1.165) is 0 Å². The van der Waals surface area contributed by atoms with E-state index in [0.29, 0.717) is 0 Å². The highest BCUT2D eigenvalue weighted by Gasteiger charge is 1.88. The van der Waals surface area contributed by atoms with Gasteiger partial charge in [0.15, 0.2) is 0 Å². The number of hydrogen-bond donors (Lipinski definition) is 0. The van der Waals surface area contributed by atoms with Crippen molar-refractivity contribution in [2.24, 2.45) is 0 Å². The molecular formula is C10H18N2. The summed E-state index contributed by atoms with van der Waals surface area (Å²) in [4.78, 5) is 5.94. The van der Waals surface area contributed by atoms with Crippen LogP contribution >= 0.6 is 0 Å². The molecule has 0 aliphatic rings. The van der Waals surface area contributed by atoms with E-state index in [9.17, 15) is 0 Å². The van der Waals surface area contributed by atoms with Crippen LogP contribution in [-0.4, -0.2) is 19.1 Å². The molecule has 1 heterocycles. The van der Waals surface area contributed by atoms with Gasteiger partial charge in [0.25, 0.3) is 0 Å². The summed E-state index contributed by atoms with van der Waals surface area (Å²) in [6.07, 6.45) is 4.82. The molecule has 0 spiro atoms. The maximum absolute atomic E-state index is 3.90. The van der Waals surface area contributed by atoms with Gasteiger partial charge in [-0.2, -0.15) is 0 Å². The SMILES string of the molecule is CCC.CN(C)c1ccncc1. The van der Waals surface area contributed by atoms with Gasteiger partial charge in [0.1, 0.15) is 0 Å². The normalized spacial score (nSPS) is 8.33. The van der Waals surface area contributed by atoms with Gasteiger partial charge in [-0.3, -0.25) is 4.98 Å². The van der Waals surface area contributed by atoms with Crippen LogP contribution in [-0.2, 0) is 0 Å². The Kier molecular flexibility index (Phi) is 6.07. The van der Waals surface area contributed by atoms with Gasteiger partial charge in [0.05, 0.1) is 0 Å². The van der Waals surface area contributed by atoms with Crippen molar-refractivity contribution < 1.29 is 0 Å². The minimum Gasteiger partial charge on any atom is -0.378 e. The minimum atomic E-state index is 1.19. The van der Waals surface area contributed by atoms with Crippen molar-refractivity contribution in [1.82, 2.24) is 4.98 Å². The molecule has 0 amide bonds. The van der Waals surface area contributed by atoms with E-state index >= 15 is 0 Å². The highest BCUT2D eigenvalue weighted by Crippen LogP contribution is 2.05. The lowest BCUT2D eigenvalue weighted by atomic mass is 10.4. The van der Waals surface area contributed by atoms with Crippen LogP contribution in [0.4, 0.5) is 5.69 Å². The predicted octanol–water partition coefficient (Wildman–Crippen LogP) is 2.56. The molecule has 0 unspecified atom stereocenters. The first kappa shape index (κ1) is 11.0. The molecule has 0 aliphatic carbocycles. The third-order valence-corrected chi connectivity index (χ3v) is 1.18. The fourth-order valence-corrected chi connectivity index (χ4v) is 0.642. The zero-order valence-electron chi connectivity index (χ0n) is 8.41. The smallest absolute Gasteiger partial charge is 0.0391 e. The molecule has 2 heteroatoms. The van der Waals surface area contributed by atoms with Gasteiger partial charge in [-0.15, -0.1) is 0 Å². The predicted molar refractivity (Wildman–Crippen MR) is 54.5 cm³/mol. The number of nitrogens with zero attached hydrogens (tertiary/aromatic N) is 2. The molecule has 2 nitrogen and oxygen atoms in total. The molecule has 0 N–H and O–H groups in total. The molecule has 1 aromatic heterocycles. The molecule has 0 saturated heterocycles. The second-order valence-electron chi connectivity index (χ2n) is 2.81. The Morgan fingerprint density at radius 3 is 1.83 bits per heavy atom. The highest BCUT2D eigenvalue weighted by molar-refractivity contribution is 5.42. The molecule has 12 heavy (non-hydrogen) atoms. The van der Waals surface area contributed by atoms with E-state index in [4.69, 9.17) is 0 Å². The molecule has 0 fully saturated rings. The van der Waals surface area contributed by atoms with Gasteiger partial charge in [0, 0.05) is 32.2 Å². The summed E-state index contributed by atoms with van der Waals surface area (Å²) in [6.45, 7) is 4.25. The van der Waals surface area contributed by atoms with Crippen LogP contribution in [0.2, 0.25) is 0 Å². The number of aromatic nitrogens is 1. The molecular weight excluding hydrogens is 148 g/mol. The van der Waals surface area contributed by atoms with E-state index in [2.05, 4.69) is 18.8 Å². The first-order valence-electron chi connectivity index (χ1n) is 4.29. The lowest BCUT2D eigenvalue weighted by molar-refractivity contribution is 1.09. The number of hydrogen-bond acceptors (Lipinski definition) is 2. The van der Waals surface area contributed by atoms with Crippen LogP contribution < -0.4 is 4.90 Å². The Morgan fingerprint density at radius 2 is 1.58 bits per heavy atom. The molecule has 0 aromatic carbocycles. The standard InChI is InChI=1S/C7H10N2.C3H8/c1-9(2)7-3-5-8-6-4-7;1-3-2/h3-6H,1-2H3;3H2,1-2H3. The molecule has 0 radical (unpaired) electrons. The van der Waals surface area contributed by atoms with Crippen molar-refractivity contribution in [2.45, 2.75) is 20.3 Å². The largest absolute Gasteiger partial charge is 0.378 e. The van der Waals surface area contributed by atoms with Crippen molar-refractivity contribution in [3.05, 3.63) is 24.5 Å². The van der Waals surface area contributed by atoms with Gasteiger partial charge < -0.3 is 4.90 Å². The Balaban J connectivity index is 0.000000354.